The number of terminal acetylenes is 1. The van der Waals surface area contributed by atoms with Crippen LogP contribution >= 0.6 is 0 Å². The van der Waals surface area contributed by atoms with E-state index in [1.807, 2.05) is 0 Å². The summed E-state index contributed by atoms with van der Waals surface area (Å²) in [6, 6.07) is 0. The number of carbonyl (C=O) groups is 1. The Morgan fingerprint density at radius 2 is 2.00 bits per heavy atom. The van der Waals surface area contributed by atoms with E-state index in [2.05, 4.69) is 14.8 Å². The van der Waals surface area contributed by atoms with Crippen LogP contribution in [0.1, 0.15) is 19.3 Å². The average molecular weight is 234 g/mol. The topological polar surface area (TPSA) is 69.7 Å². The Morgan fingerprint density at radius 3 is 2.60 bits per heavy atom. The summed E-state index contributed by atoms with van der Waals surface area (Å²) in [4.78, 5) is 9.76. The highest BCUT2D eigenvalue weighted by molar-refractivity contribution is 7.86. The van der Waals surface area contributed by atoms with Crippen LogP contribution in [-0.2, 0) is 23.8 Å². The molecule has 0 bridgehead atoms. The number of ether oxygens (including phenoxy) is 1. The molecule has 0 aliphatic heterocycles. The van der Waals surface area contributed by atoms with Gasteiger partial charge in [-0.2, -0.15) is 8.42 Å². The number of hydrogen-bond donors (Lipinski definition) is 0. The van der Waals surface area contributed by atoms with Gasteiger partial charge in [0.2, 0.25) is 0 Å². The number of hydrogen-bond acceptors (Lipinski definition) is 5. The molecule has 0 rings (SSSR count). The lowest BCUT2D eigenvalue weighted by Gasteiger charge is -2.02. The van der Waals surface area contributed by atoms with E-state index in [-0.39, 0.29) is 12.4 Å². The van der Waals surface area contributed by atoms with Crippen molar-refractivity contribution in [3.05, 3.63) is 0 Å². The molecule has 86 valence electrons. The third-order valence-corrected chi connectivity index (χ3v) is 2.81. The maximum atomic E-state index is 11.1. The molecule has 0 aliphatic rings. The van der Waals surface area contributed by atoms with Gasteiger partial charge >= 0.3 is 0 Å². The summed E-state index contributed by atoms with van der Waals surface area (Å²) in [7, 11) is -3.49. The molecule has 6 heteroatoms. The molecule has 15 heavy (non-hydrogen) atoms. The van der Waals surface area contributed by atoms with Gasteiger partial charge in [-0.25, -0.2) is 0 Å². The van der Waals surface area contributed by atoms with Crippen LogP contribution in [0.5, 0.6) is 0 Å². The second-order valence-electron chi connectivity index (χ2n) is 2.76. The Kier molecular flexibility index (Phi) is 7.68. The minimum atomic E-state index is -3.49. The summed E-state index contributed by atoms with van der Waals surface area (Å²) < 4.78 is 31.0. The summed E-state index contributed by atoms with van der Waals surface area (Å²) in [6.45, 7) is 0.456. The maximum Gasteiger partial charge on any atom is 0.293 e. The Balaban J connectivity index is 3.50. The van der Waals surface area contributed by atoms with Crippen molar-refractivity contribution < 1.29 is 22.1 Å². The van der Waals surface area contributed by atoms with Gasteiger partial charge < -0.3 is 4.74 Å². The fourth-order valence-corrected chi connectivity index (χ4v) is 1.79. The monoisotopic (exact) mass is 234 g/mol. The van der Waals surface area contributed by atoms with Gasteiger partial charge in [0.15, 0.2) is 0 Å². The quantitative estimate of drug-likeness (QED) is 0.248. The molecule has 0 heterocycles. The van der Waals surface area contributed by atoms with Crippen molar-refractivity contribution in [3.63, 3.8) is 0 Å². The van der Waals surface area contributed by atoms with Gasteiger partial charge in [-0.1, -0.05) is 5.92 Å². The minimum Gasteiger partial charge on any atom is -0.468 e. The molecule has 0 aliphatic carbocycles. The smallest absolute Gasteiger partial charge is 0.293 e. The van der Waals surface area contributed by atoms with Gasteiger partial charge in [-0.05, 0) is 19.3 Å². The van der Waals surface area contributed by atoms with Crippen LogP contribution < -0.4 is 0 Å². The molecule has 0 N–H and O–H groups in total. The van der Waals surface area contributed by atoms with Crippen molar-refractivity contribution in [1.82, 2.24) is 0 Å². The lowest BCUT2D eigenvalue weighted by atomic mass is 10.3. The fraction of sp³-hybridized carbons (Fsp3) is 0.667. The Morgan fingerprint density at radius 1 is 1.27 bits per heavy atom. The molecular formula is C9H14O5S. The van der Waals surface area contributed by atoms with E-state index in [4.69, 9.17) is 6.42 Å². The molecule has 0 spiro atoms. The summed E-state index contributed by atoms with van der Waals surface area (Å²) in [5.41, 5.74) is 0. The summed E-state index contributed by atoms with van der Waals surface area (Å²) >= 11 is 0. The van der Waals surface area contributed by atoms with Gasteiger partial charge in [0.25, 0.3) is 16.6 Å². The van der Waals surface area contributed by atoms with E-state index in [0.717, 1.165) is 0 Å². The van der Waals surface area contributed by atoms with Gasteiger partial charge in [0.05, 0.1) is 12.4 Å². The second kappa shape index (κ2) is 8.26. The van der Waals surface area contributed by atoms with E-state index in [0.29, 0.717) is 32.3 Å². The zero-order chi connectivity index (χ0) is 11.6. The van der Waals surface area contributed by atoms with Crippen LogP contribution in [0, 0.1) is 12.3 Å². The van der Waals surface area contributed by atoms with E-state index >= 15 is 0 Å². The van der Waals surface area contributed by atoms with Crippen LogP contribution in [0.2, 0.25) is 0 Å². The summed E-state index contributed by atoms with van der Waals surface area (Å²) in [5.74, 6) is 2.02. The highest BCUT2D eigenvalue weighted by Gasteiger charge is 2.09. The van der Waals surface area contributed by atoms with Crippen LogP contribution in [0.15, 0.2) is 0 Å². The summed E-state index contributed by atoms with van der Waals surface area (Å²) in [6.07, 6.45) is 6.63. The van der Waals surface area contributed by atoms with Crippen LogP contribution in [0.3, 0.4) is 0 Å². The van der Waals surface area contributed by atoms with Crippen molar-refractivity contribution in [1.29, 1.82) is 0 Å². The van der Waals surface area contributed by atoms with Crippen molar-refractivity contribution in [2.75, 3.05) is 19.0 Å². The lowest BCUT2D eigenvalue weighted by Crippen LogP contribution is -2.11. The predicted octanol–water partition coefficient (Wildman–Crippen LogP) is 0.309. The van der Waals surface area contributed by atoms with Crippen molar-refractivity contribution in [2.45, 2.75) is 19.3 Å². The number of carbonyl (C=O) groups excluding carboxylic acids is 1. The number of rotatable bonds is 9. The number of unbranched alkanes of at least 4 members (excludes halogenated alkanes) is 2. The van der Waals surface area contributed by atoms with Gasteiger partial charge in [-0.3, -0.25) is 8.98 Å². The minimum absolute atomic E-state index is 0.0598. The molecule has 5 nitrogen and oxygen atoms in total. The van der Waals surface area contributed by atoms with Crippen LogP contribution in [0.25, 0.3) is 0 Å². The fourth-order valence-electron chi connectivity index (χ4n) is 0.872. The average Bonchev–Trinajstić information content (AvgIpc) is 2.20. The van der Waals surface area contributed by atoms with E-state index < -0.39 is 10.1 Å². The molecule has 0 atom stereocenters. The molecule has 0 amide bonds. The van der Waals surface area contributed by atoms with Gasteiger partial charge in [0, 0.05) is 0 Å². The van der Waals surface area contributed by atoms with E-state index in [1.165, 1.54) is 0 Å². The Hall–Kier alpha value is -1.06. The molecule has 0 fully saturated rings. The third kappa shape index (κ3) is 9.25. The highest BCUT2D eigenvalue weighted by atomic mass is 32.2. The zero-order valence-electron chi connectivity index (χ0n) is 8.35. The largest absolute Gasteiger partial charge is 0.468 e. The lowest BCUT2D eigenvalue weighted by molar-refractivity contribution is -0.128. The van der Waals surface area contributed by atoms with Gasteiger partial charge in [0.1, 0.15) is 6.61 Å². The Bertz CT molecular complexity index is 301. The normalized spacial score (nSPS) is 10.6. The second-order valence-corrected chi connectivity index (χ2v) is 4.52. The Labute approximate surface area is 89.9 Å². The first kappa shape index (κ1) is 13.9. The van der Waals surface area contributed by atoms with Crippen molar-refractivity contribution in [3.8, 4) is 12.3 Å². The maximum absolute atomic E-state index is 11.1. The van der Waals surface area contributed by atoms with Gasteiger partial charge in [-0.15, -0.1) is 6.42 Å². The molecule has 0 radical (unpaired) electrons. The molecule has 0 aromatic heterocycles. The molecule has 0 aromatic carbocycles. The third-order valence-electron chi connectivity index (χ3n) is 1.55. The molecule has 0 saturated carbocycles. The van der Waals surface area contributed by atoms with Crippen molar-refractivity contribution in [2.24, 2.45) is 0 Å². The van der Waals surface area contributed by atoms with E-state index in [9.17, 15) is 13.2 Å². The first-order valence-corrected chi connectivity index (χ1v) is 6.06. The summed E-state index contributed by atoms with van der Waals surface area (Å²) in [5, 5.41) is 0. The standard InChI is InChI=1S/C9H14O5S/c1-2-6-14-15(11,12)8-5-3-4-7-13-9-10/h1,9H,3-8H2. The van der Waals surface area contributed by atoms with E-state index in [1.54, 1.807) is 0 Å². The van der Waals surface area contributed by atoms with Crippen LogP contribution in [0.4, 0.5) is 0 Å². The predicted molar refractivity (Wildman–Crippen MR) is 54.4 cm³/mol. The molecular weight excluding hydrogens is 220 g/mol. The highest BCUT2D eigenvalue weighted by Crippen LogP contribution is 2.01. The molecule has 0 saturated heterocycles. The molecule has 0 aromatic rings. The first-order valence-electron chi connectivity index (χ1n) is 4.48. The van der Waals surface area contributed by atoms with Crippen LogP contribution in [-0.4, -0.2) is 33.9 Å². The zero-order valence-corrected chi connectivity index (χ0v) is 9.16. The SMILES string of the molecule is C#CCOS(=O)(=O)CCCCCOC=O. The van der Waals surface area contributed by atoms with Crippen molar-refractivity contribution >= 4 is 16.6 Å². The first-order chi connectivity index (χ1) is 7.12. The molecule has 0 unspecified atom stereocenters.